The molecule has 0 saturated heterocycles. The van der Waals surface area contributed by atoms with E-state index in [1.54, 1.807) is 0 Å². The monoisotopic (exact) mass is 214 g/mol. The van der Waals surface area contributed by atoms with Gasteiger partial charge in [-0.2, -0.15) is 5.10 Å². The first-order valence-electron chi connectivity index (χ1n) is 5.59. The Morgan fingerprint density at radius 3 is 2.38 bits per heavy atom. The minimum Gasteiger partial charge on any atom is -0.240 e. The standard InChI is InChI=1S/C14H18N2/c1-11-7-5-6-8-13(11)16-10-12(9-15-16)14(2,3)4/h5-10H,1-4H3. The summed E-state index contributed by atoms with van der Waals surface area (Å²) >= 11 is 0. The van der Waals surface area contributed by atoms with Crippen molar-refractivity contribution in [1.82, 2.24) is 9.78 Å². The SMILES string of the molecule is Cc1ccccc1-n1cc(C(C)(C)C)cn1. The van der Waals surface area contributed by atoms with Crippen LogP contribution in [0, 0.1) is 6.92 Å². The van der Waals surface area contributed by atoms with Crippen molar-refractivity contribution in [2.24, 2.45) is 0 Å². The maximum atomic E-state index is 4.43. The zero-order valence-electron chi connectivity index (χ0n) is 10.4. The molecule has 0 bridgehead atoms. The molecule has 0 aliphatic carbocycles. The molecule has 16 heavy (non-hydrogen) atoms. The first-order valence-corrected chi connectivity index (χ1v) is 5.59. The second kappa shape index (κ2) is 3.78. The Kier molecular flexibility index (Phi) is 2.58. The first kappa shape index (κ1) is 10.9. The third-order valence-electron chi connectivity index (χ3n) is 2.81. The van der Waals surface area contributed by atoms with Crippen molar-refractivity contribution in [3.05, 3.63) is 47.8 Å². The molecule has 0 fully saturated rings. The quantitative estimate of drug-likeness (QED) is 0.710. The number of aryl methyl sites for hydroxylation is 1. The topological polar surface area (TPSA) is 17.8 Å². The Balaban J connectivity index is 2.44. The van der Waals surface area contributed by atoms with Crippen molar-refractivity contribution in [3.8, 4) is 5.69 Å². The highest BCUT2D eigenvalue weighted by molar-refractivity contribution is 5.39. The number of rotatable bonds is 1. The number of nitrogens with zero attached hydrogens (tertiary/aromatic N) is 2. The molecular formula is C14H18N2. The van der Waals surface area contributed by atoms with E-state index >= 15 is 0 Å². The van der Waals surface area contributed by atoms with Gasteiger partial charge in [0.1, 0.15) is 0 Å². The Hall–Kier alpha value is -1.57. The van der Waals surface area contributed by atoms with Gasteiger partial charge in [0, 0.05) is 6.20 Å². The van der Waals surface area contributed by atoms with Gasteiger partial charge in [-0.25, -0.2) is 4.68 Å². The molecule has 2 heteroatoms. The molecular weight excluding hydrogens is 196 g/mol. The van der Waals surface area contributed by atoms with Gasteiger partial charge in [-0.15, -0.1) is 0 Å². The zero-order chi connectivity index (χ0) is 11.8. The number of para-hydroxylation sites is 1. The summed E-state index contributed by atoms with van der Waals surface area (Å²) in [6, 6.07) is 8.29. The van der Waals surface area contributed by atoms with Crippen molar-refractivity contribution >= 4 is 0 Å². The van der Waals surface area contributed by atoms with E-state index in [2.05, 4.69) is 51.1 Å². The van der Waals surface area contributed by atoms with Crippen molar-refractivity contribution in [3.63, 3.8) is 0 Å². The largest absolute Gasteiger partial charge is 0.240 e. The van der Waals surface area contributed by atoms with Crippen molar-refractivity contribution < 1.29 is 0 Å². The molecule has 2 nitrogen and oxygen atoms in total. The normalized spacial score (nSPS) is 11.8. The van der Waals surface area contributed by atoms with Gasteiger partial charge < -0.3 is 0 Å². The van der Waals surface area contributed by atoms with Gasteiger partial charge >= 0.3 is 0 Å². The van der Waals surface area contributed by atoms with Gasteiger partial charge in [-0.3, -0.25) is 0 Å². The Bertz CT molecular complexity index is 489. The zero-order valence-corrected chi connectivity index (χ0v) is 10.4. The van der Waals surface area contributed by atoms with Gasteiger partial charge in [-0.05, 0) is 29.5 Å². The van der Waals surface area contributed by atoms with Crippen LogP contribution in [0.2, 0.25) is 0 Å². The second-order valence-electron chi connectivity index (χ2n) is 5.21. The fourth-order valence-electron chi connectivity index (χ4n) is 1.66. The Morgan fingerprint density at radius 1 is 1.12 bits per heavy atom. The van der Waals surface area contributed by atoms with Crippen LogP contribution in [0.4, 0.5) is 0 Å². The van der Waals surface area contributed by atoms with Gasteiger partial charge in [0.15, 0.2) is 0 Å². The summed E-state index contributed by atoms with van der Waals surface area (Å²) in [6.07, 6.45) is 4.06. The maximum absolute atomic E-state index is 4.43. The molecule has 1 aromatic carbocycles. The fourth-order valence-corrected chi connectivity index (χ4v) is 1.66. The van der Waals surface area contributed by atoms with Crippen LogP contribution < -0.4 is 0 Å². The average Bonchev–Trinajstić information content (AvgIpc) is 2.66. The van der Waals surface area contributed by atoms with Crippen molar-refractivity contribution in [2.75, 3.05) is 0 Å². The number of aromatic nitrogens is 2. The van der Waals surface area contributed by atoms with Crippen molar-refractivity contribution in [2.45, 2.75) is 33.1 Å². The number of hydrogen-bond acceptors (Lipinski definition) is 1. The van der Waals surface area contributed by atoms with Gasteiger partial charge in [0.25, 0.3) is 0 Å². The lowest BCUT2D eigenvalue weighted by Gasteiger charge is -2.15. The summed E-state index contributed by atoms with van der Waals surface area (Å²) in [5, 5.41) is 4.43. The van der Waals surface area contributed by atoms with E-state index in [0.717, 1.165) is 5.69 Å². The fraction of sp³-hybridized carbons (Fsp3) is 0.357. The average molecular weight is 214 g/mol. The summed E-state index contributed by atoms with van der Waals surface area (Å²) in [7, 11) is 0. The van der Waals surface area contributed by atoms with Crippen LogP contribution in [0.1, 0.15) is 31.9 Å². The predicted octanol–water partition coefficient (Wildman–Crippen LogP) is 3.48. The van der Waals surface area contributed by atoms with E-state index < -0.39 is 0 Å². The van der Waals surface area contributed by atoms with E-state index in [4.69, 9.17) is 0 Å². The van der Waals surface area contributed by atoms with E-state index in [9.17, 15) is 0 Å². The molecule has 0 aliphatic rings. The molecule has 0 unspecified atom stereocenters. The molecule has 0 N–H and O–H groups in total. The lowest BCUT2D eigenvalue weighted by Crippen LogP contribution is -2.09. The number of benzene rings is 1. The highest BCUT2D eigenvalue weighted by atomic mass is 15.3. The molecule has 84 valence electrons. The predicted molar refractivity (Wildman–Crippen MR) is 67.0 cm³/mol. The van der Waals surface area contributed by atoms with Gasteiger partial charge in [0.05, 0.1) is 11.9 Å². The van der Waals surface area contributed by atoms with Gasteiger partial charge in [0.2, 0.25) is 0 Å². The van der Waals surface area contributed by atoms with Crippen LogP contribution in [-0.4, -0.2) is 9.78 Å². The summed E-state index contributed by atoms with van der Waals surface area (Å²) in [5.74, 6) is 0. The molecule has 0 spiro atoms. The first-order chi connectivity index (χ1) is 7.48. The molecule has 0 amide bonds. The molecule has 0 saturated carbocycles. The van der Waals surface area contributed by atoms with Crippen LogP contribution in [-0.2, 0) is 5.41 Å². The van der Waals surface area contributed by atoms with Gasteiger partial charge in [-0.1, -0.05) is 39.0 Å². The van der Waals surface area contributed by atoms with Crippen LogP contribution in [0.25, 0.3) is 5.69 Å². The van der Waals surface area contributed by atoms with Crippen LogP contribution in [0.3, 0.4) is 0 Å². The molecule has 2 rings (SSSR count). The highest BCUT2D eigenvalue weighted by Crippen LogP contribution is 2.23. The molecule has 0 radical (unpaired) electrons. The minimum absolute atomic E-state index is 0.154. The third kappa shape index (κ3) is 2.01. The molecule has 1 heterocycles. The lowest BCUT2D eigenvalue weighted by molar-refractivity contribution is 0.590. The van der Waals surface area contributed by atoms with Crippen LogP contribution in [0.5, 0.6) is 0 Å². The van der Waals surface area contributed by atoms with Crippen LogP contribution >= 0.6 is 0 Å². The summed E-state index contributed by atoms with van der Waals surface area (Å²) in [5.41, 5.74) is 3.81. The van der Waals surface area contributed by atoms with Crippen LogP contribution in [0.15, 0.2) is 36.7 Å². The highest BCUT2D eigenvalue weighted by Gasteiger charge is 2.16. The van der Waals surface area contributed by atoms with Crippen molar-refractivity contribution in [1.29, 1.82) is 0 Å². The van der Waals surface area contributed by atoms with E-state index in [-0.39, 0.29) is 5.41 Å². The van der Waals surface area contributed by atoms with E-state index in [1.807, 2.05) is 23.0 Å². The molecule has 2 aromatic rings. The second-order valence-corrected chi connectivity index (χ2v) is 5.21. The summed E-state index contributed by atoms with van der Waals surface area (Å²) in [4.78, 5) is 0. The summed E-state index contributed by atoms with van der Waals surface area (Å²) < 4.78 is 1.95. The molecule has 0 aliphatic heterocycles. The Labute approximate surface area is 96.9 Å². The third-order valence-corrected chi connectivity index (χ3v) is 2.81. The molecule has 1 aromatic heterocycles. The maximum Gasteiger partial charge on any atom is 0.0674 e. The lowest BCUT2D eigenvalue weighted by atomic mass is 9.90. The molecule has 0 atom stereocenters. The summed E-state index contributed by atoms with van der Waals surface area (Å²) in [6.45, 7) is 8.71. The number of hydrogen-bond donors (Lipinski definition) is 0. The smallest absolute Gasteiger partial charge is 0.0674 e. The van der Waals surface area contributed by atoms with E-state index in [1.165, 1.54) is 11.1 Å². The Morgan fingerprint density at radius 2 is 1.81 bits per heavy atom. The minimum atomic E-state index is 0.154. The van der Waals surface area contributed by atoms with E-state index in [0.29, 0.717) is 0 Å².